The van der Waals surface area contributed by atoms with Gasteiger partial charge in [0, 0.05) is 38.8 Å². The minimum atomic E-state index is -0.182. The Labute approximate surface area is 351 Å². The number of hydrogen-bond donors (Lipinski definition) is 0. The zero-order valence-electron chi connectivity index (χ0n) is 37.1. The van der Waals surface area contributed by atoms with Crippen molar-refractivity contribution in [3.8, 4) is 11.1 Å². The molecule has 0 N–H and O–H groups in total. The summed E-state index contributed by atoms with van der Waals surface area (Å²) in [7, 11) is 0. The monoisotopic (exact) mass is 772 g/mol. The van der Waals surface area contributed by atoms with Gasteiger partial charge in [0.15, 0.2) is 5.58 Å². The molecule has 6 aromatic carbocycles. The Morgan fingerprint density at radius 1 is 0.559 bits per heavy atom. The average Bonchev–Trinajstić information content (AvgIpc) is 3.56. The fourth-order valence-corrected chi connectivity index (χ4v) is 11.3. The standard InChI is InChI=1S/C55H57BN2O/c1-51(2,3)32-20-22-34(23-21-32)58-48-35(24-25-36-37-30-41-42(31-46(37)59-50(36)48)54(9,10)27-26-53(41,7)8)38-28-33(52(4,5)6)29-45-47(38)56(58)43-18-15-17-40-49(43)57(45)44-19-14-13-16-39(44)55(40,11)12/h13-25,28-31H,26-27H2,1-12H3. The molecule has 0 fully saturated rings. The molecule has 0 amide bonds. The summed E-state index contributed by atoms with van der Waals surface area (Å²) in [5.74, 6) is 0. The van der Waals surface area contributed by atoms with Crippen LogP contribution in [0.4, 0.5) is 28.4 Å². The molecule has 3 aliphatic heterocycles. The third kappa shape index (κ3) is 4.95. The number of rotatable bonds is 1. The lowest BCUT2D eigenvalue weighted by molar-refractivity contribution is 0.332. The van der Waals surface area contributed by atoms with Gasteiger partial charge in [0.05, 0.1) is 11.4 Å². The van der Waals surface area contributed by atoms with Crippen molar-refractivity contribution in [3.05, 3.63) is 137 Å². The summed E-state index contributed by atoms with van der Waals surface area (Å²) in [5, 5.41) is 2.41. The maximum Gasteiger partial charge on any atom is 0.333 e. The molecule has 0 atom stereocenters. The van der Waals surface area contributed by atoms with E-state index in [-0.39, 0.29) is 33.9 Å². The first kappa shape index (κ1) is 36.8. The summed E-state index contributed by atoms with van der Waals surface area (Å²) in [6.45, 7) is 28.4. The van der Waals surface area contributed by atoms with Gasteiger partial charge in [-0.05, 0) is 127 Å². The van der Waals surface area contributed by atoms with E-state index < -0.39 is 0 Å². The van der Waals surface area contributed by atoms with Crippen LogP contribution in [0.25, 0.3) is 33.1 Å². The Morgan fingerprint density at radius 3 is 1.92 bits per heavy atom. The molecule has 11 rings (SSSR count). The normalized spacial score (nSPS) is 18.0. The topological polar surface area (TPSA) is 19.6 Å². The van der Waals surface area contributed by atoms with Crippen LogP contribution >= 0.6 is 0 Å². The molecule has 3 nitrogen and oxygen atoms in total. The fourth-order valence-electron chi connectivity index (χ4n) is 11.3. The molecule has 4 heteroatoms. The third-order valence-electron chi connectivity index (χ3n) is 15.0. The van der Waals surface area contributed by atoms with Crippen molar-refractivity contribution < 1.29 is 4.42 Å². The molecule has 59 heavy (non-hydrogen) atoms. The maximum atomic E-state index is 7.35. The van der Waals surface area contributed by atoms with Gasteiger partial charge < -0.3 is 14.1 Å². The predicted molar refractivity (Wildman–Crippen MR) is 252 cm³/mol. The van der Waals surface area contributed by atoms with Gasteiger partial charge in [0.2, 0.25) is 0 Å². The highest BCUT2D eigenvalue weighted by atomic mass is 16.3. The lowest BCUT2D eigenvalue weighted by Crippen LogP contribution is -2.62. The quantitative estimate of drug-likeness (QED) is 0.155. The summed E-state index contributed by atoms with van der Waals surface area (Å²) in [6.07, 6.45) is 2.35. The van der Waals surface area contributed by atoms with Crippen LogP contribution in [0.2, 0.25) is 0 Å². The van der Waals surface area contributed by atoms with Crippen LogP contribution < -0.4 is 20.6 Å². The van der Waals surface area contributed by atoms with Crippen LogP contribution in [0.5, 0.6) is 0 Å². The SMILES string of the molecule is CC(C)(C)c1ccc(N2B3c4cccc5c4N(c4ccccc4C5(C)C)c4cc(C(C)(C)C)cc(c43)-c3ccc4c(oc5cc6c(cc54)C(C)(C)CCC6(C)C)c32)cc1. The van der Waals surface area contributed by atoms with E-state index in [1.54, 1.807) is 0 Å². The summed E-state index contributed by atoms with van der Waals surface area (Å²) in [6, 6.07) is 40.3. The number of hydrogen-bond acceptors (Lipinski definition) is 3. The van der Waals surface area contributed by atoms with E-state index in [1.807, 2.05) is 0 Å². The van der Waals surface area contributed by atoms with Crippen LogP contribution in [0.15, 0.2) is 108 Å². The van der Waals surface area contributed by atoms with Crippen LogP contribution in [0, 0.1) is 0 Å². The number of anilines is 5. The predicted octanol–water partition coefficient (Wildman–Crippen LogP) is 13.9. The molecule has 0 saturated heterocycles. The average molecular weight is 773 g/mol. The Morgan fingerprint density at radius 2 is 1.22 bits per heavy atom. The van der Waals surface area contributed by atoms with E-state index in [4.69, 9.17) is 4.42 Å². The third-order valence-corrected chi connectivity index (χ3v) is 15.0. The summed E-state index contributed by atoms with van der Waals surface area (Å²) >= 11 is 0. The van der Waals surface area contributed by atoms with E-state index in [0.717, 1.165) is 16.9 Å². The minimum absolute atomic E-state index is 0.0386. The molecule has 0 unspecified atom stereocenters. The maximum absolute atomic E-state index is 7.35. The molecule has 0 saturated carbocycles. The molecule has 1 aliphatic carbocycles. The van der Waals surface area contributed by atoms with Gasteiger partial charge in [-0.1, -0.05) is 144 Å². The van der Waals surface area contributed by atoms with Crippen LogP contribution in [-0.2, 0) is 27.1 Å². The van der Waals surface area contributed by atoms with E-state index in [0.29, 0.717) is 0 Å². The van der Waals surface area contributed by atoms with Gasteiger partial charge >= 0.3 is 6.85 Å². The molecular formula is C55H57BN2O. The molecule has 1 aromatic heterocycles. The first-order valence-electron chi connectivity index (χ1n) is 21.9. The highest BCUT2D eigenvalue weighted by Crippen LogP contribution is 2.57. The summed E-state index contributed by atoms with van der Waals surface area (Å²) in [4.78, 5) is 5.28. The van der Waals surface area contributed by atoms with E-state index in [2.05, 4.69) is 196 Å². The van der Waals surface area contributed by atoms with Crippen molar-refractivity contribution in [3.63, 3.8) is 0 Å². The molecule has 4 heterocycles. The van der Waals surface area contributed by atoms with E-state index >= 15 is 0 Å². The van der Waals surface area contributed by atoms with Crippen LogP contribution in [0.3, 0.4) is 0 Å². The van der Waals surface area contributed by atoms with Crippen molar-refractivity contribution in [2.75, 3.05) is 9.71 Å². The Hall–Kier alpha value is -5.22. The van der Waals surface area contributed by atoms with Crippen LogP contribution in [-0.4, -0.2) is 6.85 Å². The molecule has 0 radical (unpaired) electrons. The molecule has 0 bridgehead atoms. The minimum Gasteiger partial charge on any atom is -0.454 e. The van der Waals surface area contributed by atoms with Crippen molar-refractivity contribution >= 4 is 68.1 Å². The second-order valence-corrected chi connectivity index (χ2v) is 22.1. The second-order valence-electron chi connectivity index (χ2n) is 22.1. The van der Waals surface area contributed by atoms with Crippen molar-refractivity contribution in [2.45, 2.75) is 123 Å². The second kappa shape index (κ2) is 11.5. The van der Waals surface area contributed by atoms with Crippen molar-refractivity contribution in [1.82, 2.24) is 0 Å². The summed E-state index contributed by atoms with van der Waals surface area (Å²) in [5.41, 5.74) is 21.7. The number of para-hydroxylation sites is 2. The van der Waals surface area contributed by atoms with Crippen molar-refractivity contribution in [1.29, 1.82) is 0 Å². The molecule has 296 valence electrons. The number of benzene rings is 6. The van der Waals surface area contributed by atoms with Gasteiger partial charge in [-0.15, -0.1) is 0 Å². The lowest BCUT2D eigenvalue weighted by Gasteiger charge is -2.50. The molecular weight excluding hydrogens is 715 g/mol. The van der Waals surface area contributed by atoms with E-state index in [9.17, 15) is 0 Å². The zero-order valence-corrected chi connectivity index (χ0v) is 37.1. The zero-order chi connectivity index (χ0) is 41.3. The van der Waals surface area contributed by atoms with Crippen LogP contribution in [0.1, 0.15) is 129 Å². The number of furan rings is 1. The Balaban J connectivity index is 1.29. The van der Waals surface area contributed by atoms with Gasteiger partial charge in [0.25, 0.3) is 0 Å². The van der Waals surface area contributed by atoms with Gasteiger partial charge in [-0.2, -0.15) is 0 Å². The fraction of sp³-hybridized carbons (Fsp3) is 0.345. The molecule has 0 spiro atoms. The number of nitrogens with zero attached hydrogens (tertiary/aromatic N) is 2. The van der Waals surface area contributed by atoms with Gasteiger partial charge in [-0.25, -0.2) is 0 Å². The summed E-state index contributed by atoms with van der Waals surface area (Å²) < 4.78 is 7.35. The van der Waals surface area contributed by atoms with Gasteiger partial charge in [0.1, 0.15) is 5.58 Å². The highest BCUT2D eigenvalue weighted by molar-refractivity contribution is 6.94. The smallest absolute Gasteiger partial charge is 0.333 e. The first-order valence-corrected chi connectivity index (χ1v) is 21.9. The number of fused-ring (bicyclic) bond motifs is 11. The van der Waals surface area contributed by atoms with Gasteiger partial charge in [-0.3, -0.25) is 0 Å². The largest absolute Gasteiger partial charge is 0.454 e. The molecule has 4 aliphatic rings. The van der Waals surface area contributed by atoms with Crippen molar-refractivity contribution in [2.24, 2.45) is 0 Å². The molecule has 7 aromatic rings. The Bertz CT molecular complexity index is 2950. The lowest BCUT2D eigenvalue weighted by atomic mass is 9.42. The Kier molecular flexibility index (Phi) is 7.20. The van der Waals surface area contributed by atoms with E-state index in [1.165, 1.54) is 102 Å². The highest BCUT2D eigenvalue weighted by Gasteiger charge is 2.50. The first-order chi connectivity index (χ1) is 27.8.